The first-order chi connectivity index (χ1) is 13.6. The van der Waals surface area contributed by atoms with Gasteiger partial charge in [-0.15, -0.1) is 5.10 Å². The van der Waals surface area contributed by atoms with Crippen molar-refractivity contribution in [3.05, 3.63) is 69.2 Å². The van der Waals surface area contributed by atoms with Crippen LogP contribution in [0.4, 0.5) is 0 Å². The molecular formula is C20H19N5O2S. The molecule has 0 aliphatic heterocycles. The summed E-state index contributed by atoms with van der Waals surface area (Å²) in [6.45, 7) is 4.02. The molecule has 0 amide bonds. The normalized spacial score (nSPS) is 12.5. The zero-order chi connectivity index (χ0) is 19.7. The van der Waals surface area contributed by atoms with Crippen molar-refractivity contribution in [3.8, 4) is 0 Å². The molecule has 142 valence electrons. The fraction of sp³-hybridized carbons (Fsp3) is 0.250. The van der Waals surface area contributed by atoms with Gasteiger partial charge in [-0.1, -0.05) is 48.2 Å². The lowest BCUT2D eigenvalue weighted by Gasteiger charge is -2.18. The Balaban J connectivity index is 1.77. The van der Waals surface area contributed by atoms with Gasteiger partial charge in [0.05, 0.1) is 22.2 Å². The van der Waals surface area contributed by atoms with Gasteiger partial charge < -0.3 is 0 Å². The van der Waals surface area contributed by atoms with Gasteiger partial charge in [0.1, 0.15) is 5.52 Å². The molecule has 4 aromatic rings. The fourth-order valence-corrected chi connectivity index (χ4v) is 4.00. The molecule has 0 radical (unpaired) electrons. The van der Waals surface area contributed by atoms with Crippen molar-refractivity contribution in [2.24, 2.45) is 0 Å². The summed E-state index contributed by atoms with van der Waals surface area (Å²) in [5.41, 5.74) is 0.927. The Kier molecular flexibility index (Phi) is 4.95. The molecule has 0 fully saturated rings. The van der Waals surface area contributed by atoms with E-state index in [1.54, 1.807) is 28.8 Å². The molecule has 1 unspecified atom stereocenters. The largest absolute Gasteiger partial charge is 0.284 e. The summed E-state index contributed by atoms with van der Waals surface area (Å²) in [5.74, 6) is 0.220. The summed E-state index contributed by atoms with van der Waals surface area (Å²) in [4.78, 5) is 30.4. The molecule has 2 aromatic carbocycles. The molecule has 0 aliphatic rings. The smallest absolute Gasteiger partial charge is 0.278 e. The van der Waals surface area contributed by atoms with Gasteiger partial charge in [0, 0.05) is 6.04 Å². The minimum absolute atomic E-state index is 0.00786. The van der Waals surface area contributed by atoms with Crippen LogP contribution >= 0.6 is 11.8 Å². The summed E-state index contributed by atoms with van der Waals surface area (Å²) in [5, 5.41) is 9.80. The highest BCUT2D eigenvalue weighted by atomic mass is 32.2. The van der Waals surface area contributed by atoms with Crippen molar-refractivity contribution in [3.63, 3.8) is 0 Å². The summed E-state index contributed by atoms with van der Waals surface area (Å²) in [6.07, 6.45) is 0.795. The molecule has 2 heterocycles. The van der Waals surface area contributed by atoms with Gasteiger partial charge in [0.2, 0.25) is 0 Å². The first kappa shape index (κ1) is 18.4. The minimum Gasteiger partial charge on any atom is -0.284 e. The first-order valence-electron chi connectivity index (χ1n) is 9.06. The Morgan fingerprint density at radius 2 is 1.61 bits per heavy atom. The third-order valence-corrected chi connectivity index (χ3v) is 5.67. The van der Waals surface area contributed by atoms with E-state index >= 15 is 0 Å². The number of thioether (sulfide) groups is 1. The molecule has 2 aromatic heterocycles. The zero-order valence-corrected chi connectivity index (χ0v) is 16.4. The minimum atomic E-state index is -0.212. The monoisotopic (exact) mass is 393 g/mol. The number of fused-ring (bicyclic) bond motifs is 2. The number of hydrogen-bond acceptors (Lipinski definition) is 6. The fourth-order valence-electron chi connectivity index (χ4n) is 3.03. The van der Waals surface area contributed by atoms with Crippen molar-refractivity contribution >= 4 is 33.6 Å². The average molecular weight is 393 g/mol. The summed E-state index contributed by atoms with van der Waals surface area (Å²) in [7, 11) is 0. The maximum atomic E-state index is 13.0. The van der Waals surface area contributed by atoms with Crippen LogP contribution in [0.15, 0.2) is 63.3 Å². The molecule has 0 aliphatic carbocycles. The van der Waals surface area contributed by atoms with Crippen LogP contribution in [0.25, 0.3) is 21.8 Å². The topological polar surface area (TPSA) is 82.7 Å². The second-order valence-electron chi connectivity index (χ2n) is 6.53. The highest BCUT2D eigenvalue weighted by Crippen LogP contribution is 2.23. The molecule has 7 nitrogen and oxygen atoms in total. The number of benzene rings is 2. The number of aromatic nitrogens is 5. The summed E-state index contributed by atoms with van der Waals surface area (Å²) < 4.78 is 3.00. The summed E-state index contributed by atoms with van der Waals surface area (Å²) >= 11 is 1.31. The van der Waals surface area contributed by atoms with Crippen LogP contribution in [0.2, 0.25) is 0 Å². The van der Waals surface area contributed by atoms with E-state index in [-0.39, 0.29) is 23.0 Å². The van der Waals surface area contributed by atoms with Gasteiger partial charge in [-0.05, 0) is 37.6 Å². The Morgan fingerprint density at radius 3 is 2.32 bits per heavy atom. The Labute approximate surface area is 165 Å². The Hall–Kier alpha value is -3.00. The second kappa shape index (κ2) is 7.55. The van der Waals surface area contributed by atoms with Crippen molar-refractivity contribution in [2.75, 3.05) is 0 Å². The molecule has 0 saturated carbocycles. The van der Waals surface area contributed by atoms with Crippen LogP contribution in [-0.2, 0) is 5.88 Å². The van der Waals surface area contributed by atoms with Crippen molar-refractivity contribution in [1.29, 1.82) is 0 Å². The van der Waals surface area contributed by atoms with Gasteiger partial charge in [-0.25, -0.2) is 4.98 Å². The lowest BCUT2D eigenvalue weighted by atomic mass is 10.2. The molecule has 1 atom stereocenters. The van der Waals surface area contributed by atoms with Crippen LogP contribution in [0.3, 0.4) is 0 Å². The number of rotatable bonds is 5. The number of hydrogen-bond donors (Lipinski definition) is 0. The number of nitrogens with zero attached hydrogens (tertiary/aromatic N) is 5. The van der Waals surface area contributed by atoms with E-state index in [1.165, 1.54) is 16.4 Å². The molecule has 8 heteroatoms. The van der Waals surface area contributed by atoms with Gasteiger partial charge >= 0.3 is 0 Å². The first-order valence-corrected chi connectivity index (χ1v) is 10.1. The highest BCUT2D eigenvalue weighted by Gasteiger charge is 2.16. The van der Waals surface area contributed by atoms with Crippen LogP contribution in [0, 0.1) is 0 Å². The standard InChI is InChI=1S/C20H19N5O2S/c1-3-13(2)25-19(27)14-8-4-6-10-16(14)21-20(25)28-12-24-18(26)15-9-5-7-11-17(15)22-23-24/h4-11,13H,3,12H2,1-2H3. The van der Waals surface area contributed by atoms with Gasteiger partial charge in [-0.2, -0.15) is 4.68 Å². The molecular weight excluding hydrogens is 374 g/mol. The lowest BCUT2D eigenvalue weighted by molar-refractivity contribution is 0.467. The maximum absolute atomic E-state index is 13.0. The lowest BCUT2D eigenvalue weighted by Crippen LogP contribution is -2.27. The van der Waals surface area contributed by atoms with E-state index in [1.807, 2.05) is 38.1 Å². The third-order valence-electron chi connectivity index (χ3n) is 4.75. The van der Waals surface area contributed by atoms with E-state index in [9.17, 15) is 9.59 Å². The zero-order valence-electron chi connectivity index (χ0n) is 15.6. The quantitative estimate of drug-likeness (QED) is 0.382. The van der Waals surface area contributed by atoms with E-state index in [2.05, 4.69) is 15.3 Å². The predicted octanol–water partition coefficient (Wildman–Crippen LogP) is 3.22. The highest BCUT2D eigenvalue weighted by molar-refractivity contribution is 7.98. The van der Waals surface area contributed by atoms with E-state index in [4.69, 9.17) is 0 Å². The Bertz CT molecular complexity index is 1280. The van der Waals surface area contributed by atoms with E-state index < -0.39 is 0 Å². The summed E-state index contributed by atoms with van der Waals surface area (Å²) in [6, 6.07) is 14.4. The van der Waals surface area contributed by atoms with Crippen molar-refractivity contribution in [1.82, 2.24) is 24.5 Å². The molecule has 28 heavy (non-hydrogen) atoms. The molecule has 0 N–H and O–H groups in total. The van der Waals surface area contributed by atoms with Crippen LogP contribution < -0.4 is 11.1 Å². The predicted molar refractivity (Wildman–Crippen MR) is 111 cm³/mol. The SMILES string of the molecule is CCC(C)n1c(SCn2nnc3ccccc3c2=O)nc2ccccc2c1=O. The van der Waals surface area contributed by atoms with Crippen LogP contribution in [0.5, 0.6) is 0 Å². The van der Waals surface area contributed by atoms with Crippen molar-refractivity contribution < 1.29 is 0 Å². The average Bonchev–Trinajstić information content (AvgIpc) is 2.73. The third kappa shape index (κ3) is 3.20. The molecule has 0 saturated heterocycles. The maximum Gasteiger partial charge on any atom is 0.278 e. The van der Waals surface area contributed by atoms with Gasteiger partial charge in [0.15, 0.2) is 5.16 Å². The number of para-hydroxylation sites is 1. The Morgan fingerprint density at radius 1 is 0.964 bits per heavy atom. The van der Waals surface area contributed by atoms with E-state index in [0.717, 1.165) is 6.42 Å². The molecule has 0 spiro atoms. The van der Waals surface area contributed by atoms with Gasteiger partial charge in [-0.3, -0.25) is 14.2 Å². The van der Waals surface area contributed by atoms with E-state index in [0.29, 0.717) is 27.0 Å². The molecule has 4 rings (SSSR count). The van der Waals surface area contributed by atoms with Crippen LogP contribution in [-0.4, -0.2) is 24.5 Å². The van der Waals surface area contributed by atoms with Crippen molar-refractivity contribution in [2.45, 2.75) is 37.3 Å². The molecule has 0 bridgehead atoms. The van der Waals surface area contributed by atoms with Crippen LogP contribution in [0.1, 0.15) is 26.3 Å². The van der Waals surface area contributed by atoms with Gasteiger partial charge in [0.25, 0.3) is 11.1 Å². The second-order valence-corrected chi connectivity index (χ2v) is 7.44.